The molecule has 1 aliphatic rings. The summed E-state index contributed by atoms with van der Waals surface area (Å²) in [4.78, 5) is -0.276. The fraction of sp³-hybridized carbons (Fsp3) is 0.571. The van der Waals surface area contributed by atoms with Gasteiger partial charge in [-0.3, -0.25) is 4.72 Å². The quantitative estimate of drug-likeness (QED) is 0.563. The molecule has 25 heavy (non-hydrogen) atoms. The average Bonchev–Trinajstić information content (AvgIpc) is 3.31. The second-order valence-corrected chi connectivity index (χ2v) is 9.52. The summed E-state index contributed by atoms with van der Waals surface area (Å²) in [6, 6.07) is 2.77. The summed E-state index contributed by atoms with van der Waals surface area (Å²) in [5.41, 5.74) is 5.56. The predicted octanol–water partition coefficient (Wildman–Crippen LogP) is 1.41. The van der Waals surface area contributed by atoms with Gasteiger partial charge in [0.25, 0.3) is 0 Å². The zero-order valence-corrected chi connectivity index (χ0v) is 16.2. The van der Waals surface area contributed by atoms with E-state index in [-0.39, 0.29) is 41.3 Å². The Bertz CT molecular complexity index is 798. The molecule has 0 heterocycles. The van der Waals surface area contributed by atoms with Crippen LogP contribution in [0.5, 0.6) is 0 Å². The molecule has 2 rings (SSSR count). The van der Waals surface area contributed by atoms with E-state index in [0.29, 0.717) is 12.3 Å². The first kappa shape index (κ1) is 22.1. The van der Waals surface area contributed by atoms with E-state index in [1.807, 2.05) is 0 Å². The molecule has 0 saturated heterocycles. The molecule has 1 atom stereocenters. The molecule has 1 fully saturated rings. The van der Waals surface area contributed by atoms with Crippen molar-refractivity contribution in [2.75, 3.05) is 17.0 Å². The van der Waals surface area contributed by atoms with Gasteiger partial charge in [0.15, 0.2) is 0 Å². The van der Waals surface area contributed by atoms with Crippen molar-refractivity contribution in [3.63, 3.8) is 0 Å². The molecule has 1 saturated carbocycles. The highest BCUT2D eigenvalue weighted by Gasteiger charge is 2.29. The summed E-state index contributed by atoms with van der Waals surface area (Å²) in [6.07, 6.45) is 2.36. The molecule has 0 amide bonds. The molecule has 0 spiro atoms. The van der Waals surface area contributed by atoms with Gasteiger partial charge in [-0.25, -0.2) is 25.9 Å². The first-order valence-corrected chi connectivity index (χ1v) is 10.8. The molecule has 0 bridgehead atoms. The molecule has 7 nitrogen and oxygen atoms in total. The van der Waals surface area contributed by atoms with E-state index in [1.165, 1.54) is 0 Å². The number of benzene rings is 1. The zero-order valence-electron chi connectivity index (χ0n) is 13.7. The van der Waals surface area contributed by atoms with Crippen molar-refractivity contribution in [3.8, 4) is 0 Å². The standard InChI is InChI=1S/C14H22FN3O4S2.ClH/c1-2-7-23(19,20)18-14-6-5-11(8-12(14)15)24(21,22)17-9-13(16)10-3-4-10;/h5-6,8,10,13,17-18H,2-4,7,9,16H2,1H3;1H. The molecule has 11 heteroatoms. The zero-order chi connectivity index (χ0) is 18.0. The van der Waals surface area contributed by atoms with Gasteiger partial charge in [0.05, 0.1) is 16.3 Å². The van der Waals surface area contributed by atoms with Gasteiger partial charge in [-0.05, 0) is 43.4 Å². The van der Waals surface area contributed by atoms with Crippen LogP contribution in [-0.2, 0) is 20.0 Å². The molecule has 4 N–H and O–H groups in total. The number of anilines is 1. The van der Waals surface area contributed by atoms with E-state index < -0.39 is 25.9 Å². The van der Waals surface area contributed by atoms with Crippen LogP contribution in [0.1, 0.15) is 26.2 Å². The largest absolute Gasteiger partial charge is 0.326 e. The van der Waals surface area contributed by atoms with Crippen molar-refractivity contribution in [1.29, 1.82) is 0 Å². The Balaban J connectivity index is 0.00000312. The van der Waals surface area contributed by atoms with Crippen LogP contribution in [0.2, 0.25) is 0 Å². The van der Waals surface area contributed by atoms with Crippen molar-refractivity contribution in [1.82, 2.24) is 4.72 Å². The summed E-state index contributed by atoms with van der Waals surface area (Å²) in [6.45, 7) is 1.77. The van der Waals surface area contributed by atoms with Crippen LogP contribution >= 0.6 is 12.4 Å². The van der Waals surface area contributed by atoms with Crippen molar-refractivity contribution in [2.24, 2.45) is 11.7 Å². The molecular weight excluding hydrogens is 393 g/mol. The summed E-state index contributed by atoms with van der Waals surface area (Å²) >= 11 is 0. The van der Waals surface area contributed by atoms with Crippen LogP contribution < -0.4 is 15.2 Å². The summed E-state index contributed by atoms with van der Waals surface area (Å²) < 4.78 is 66.1. The van der Waals surface area contributed by atoms with Crippen LogP contribution in [-0.4, -0.2) is 35.2 Å². The van der Waals surface area contributed by atoms with Crippen LogP contribution in [0.25, 0.3) is 0 Å². The molecular formula is C14H23ClFN3O4S2. The third-order valence-electron chi connectivity index (χ3n) is 3.73. The highest BCUT2D eigenvalue weighted by molar-refractivity contribution is 7.92. The average molecular weight is 416 g/mol. The van der Waals surface area contributed by atoms with Crippen LogP contribution in [0, 0.1) is 11.7 Å². The lowest BCUT2D eigenvalue weighted by atomic mass is 10.2. The molecule has 1 aliphatic carbocycles. The number of nitrogens with one attached hydrogen (secondary N) is 2. The fourth-order valence-corrected chi connectivity index (χ4v) is 4.44. The lowest BCUT2D eigenvalue weighted by Gasteiger charge is -2.13. The minimum Gasteiger partial charge on any atom is -0.326 e. The van der Waals surface area contributed by atoms with Crippen molar-refractivity contribution in [3.05, 3.63) is 24.0 Å². The topological polar surface area (TPSA) is 118 Å². The predicted molar refractivity (Wildman–Crippen MR) is 97.2 cm³/mol. The fourth-order valence-electron chi connectivity index (χ4n) is 2.21. The Morgan fingerprint density at radius 1 is 1.28 bits per heavy atom. The third kappa shape index (κ3) is 6.37. The second-order valence-electron chi connectivity index (χ2n) is 5.92. The normalized spacial score (nSPS) is 16.1. The van der Waals surface area contributed by atoms with Gasteiger partial charge >= 0.3 is 0 Å². The maximum absolute atomic E-state index is 14.0. The number of rotatable bonds is 9. The Kier molecular flexibility index (Phi) is 7.63. The molecule has 1 aromatic carbocycles. The molecule has 1 unspecified atom stereocenters. The van der Waals surface area contributed by atoms with Crippen LogP contribution in [0.4, 0.5) is 10.1 Å². The molecule has 0 radical (unpaired) electrons. The smallest absolute Gasteiger partial charge is 0.240 e. The third-order valence-corrected chi connectivity index (χ3v) is 6.62. The number of halogens is 2. The van der Waals surface area contributed by atoms with Gasteiger partial charge in [-0.1, -0.05) is 6.92 Å². The van der Waals surface area contributed by atoms with Crippen LogP contribution in [0.15, 0.2) is 23.1 Å². The van der Waals surface area contributed by atoms with Gasteiger partial charge in [0.2, 0.25) is 20.0 Å². The Morgan fingerprint density at radius 3 is 2.44 bits per heavy atom. The monoisotopic (exact) mass is 415 g/mol. The maximum atomic E-state index is 14.0. The second kappa shape index (κ2) is 8.63. The summed E-state index contributed by atoms with van der Waals surface area (Å²) in [5.74, 6) is -0.767. The van der Waals surface area contributed by atoms with Gasteiger partial charge in [-0.2, -0.15) is 0 Å². The van der Waals surface area contributed by atoms with Crippen molar-refractivity contribution in [2.45, 2.75) is 37.1 Å². The minimum absolute atomic E-state index is 0. The van der Waals surface area contributed by atoms with E-state index in [1.54, 1.807) is 6.92 Å². The first-order chi connectivity index (χ1) is 11.1. The molecule has 0 aliphatic heterocycles. The van der Waals surface area contributed by atoms with Crippen molar-refractivity contribution < 1.29 is 21.2 Å². The highest BCUT2D eigenvalue weighted by Crippen LogP contribution is 2.31. The van der Waals surface area contributed by atoms with E-state index >= 15 is 0 Å². The summed E-state index contributed by atoms with van der Waals surface area (Å²) in [5, 5.41) is 0. The summed E-state index contributed by atoms with van der Waals surface area (Å²) in [7, 11) is -7.55. The number of hydrogen-bond acceptors (Lipinski definition) is 5. The number of hydrogen-bond donors (Lipinski definition) is 3. The number of nitrogens with two attached hydrogens (primary N) is 1. The van der Waals surface area contributed by atoms with E-state index in [4.69, 9.17) is 5.73 Å². The highest BCUT2D eigenvalue weighted by atomic mass is 35.5. The maximum Gasteiger partial charge on any atom is 0.240 e. The Labute approximate surface area is 154 Å². The van der Waals surface area contributed by atoms with Crippen molar-refractivity contribution >= 4 is 38.1 Å². The number of sulfonamides is 2. The molecule has 144 valence electrons. The van der Waals surface area contributed by atoms with Gasteiger partial charge in [0.1, 0.15) is 5.82 Å². The van der Waals surface area contributed by atoms with Gasteiger partial charge < -0.3 is 5.73 Å². The molecule has 0 aromatic heterocycles. The van der Waals surface area contributed by atoms with E-state index in [9.17, 15) is 21.2 Å². The lowest BCUT2D eigenvalue weighted by Crippen LogP contribution is -2.38. The van der Waals surface area contributed by atoms with Gasteiger partial charge in [-0.15, -0.1) is 12.4 Å². The van der Waals surface area contributed by atoms with E-state index in [2.05, 4.69) is 9.44 Å². The first-order valence-electron chi connectivity index (χ1n) is 7.70. The SMILES string of the molecule is CCCS(=O)(=O)Nc1ccc(S(=O)(=O)NCC(N)C2CC2)cc1F.Cl. The lowest BCUT2D eigenvalue weighted by molar-refractivity contribution is 0.546. The molecule has 1 aromatic rings. The van der Waals surface area contributed by atoms with E-state index in [0.717, 1.165) is 31.0 Å². The van der Waals surface area contributed by atoms with Crippen LogP contribution in [0.3, 0.4) is 0 Å². The Morgan fingerprint density at radius 2 is 1.92 bits per heavy atom. The minimum atomic E-state index is -3.90. The Hall–Kier alpha value is -0.940. The van der Waals surface area contributed by atoms with Gasteiger partial charge in [0, 0.05) is 12.6 Å².